The van der Waals surface area contributed by atoms with E-state index in [2.05, 4.69) is 9.84 Å². The lowest BCUT2D eigenvalue weighted by Gasteiger charge is -2.11. The lowest BCUT2D eigenvalue weighted by atomic mass is 10.0. The first-order valence-corrected chi connectivity index (χ1v) is 5.35. The van der Waals surface area contributed by atoms with Gasteiger partial charge in [0.25, 0.3) is 0 Å². The summed E-state index contributed by atoms with van der Waals surface area (Å²) < 4.78 is 29.9. The molecule has 0 aliphatic rings. The van der Waals surface area contributed by atoms with Gasteiger partial charge in [-0.25, -0.2) is 0 Å². The topological polar surface area (TPSA) is 53.1 Å². The van der Waals surface area contributed by atoms with E-state index in [4.69, 9.17) is 5.73 Å². The fourth-order valence-corrected chi connectivity index (χ4v) is 1.65. The van der Waals surface area contributed by atoms with Crippen LogP contribution in [0.15, 0.2) is 36.7 Å². The van der Waals surface area contributed by atoms with Crippen molar-refractivity contribution >= 4 is 0 Å². The van der Waals surface area contributed by atoms with Gasteiger partial charge >= 0.3 is 6.61 Å². The van der Waals surface area contributed by atoms with Crippen molar-refractivity contribution in [3.05, 3.63) is 47.8 Å². The zero-order valence-corrected chi connectivity index (χ0v) is 9.75. The van der Waals surface area contributed by atoms with Crippen molar-refractivity contribution < 1.29 is 13.5 Å². The fourth-order valence-electron chi connectivity index (χ4n) is 1.65. The molecule has 0 aliphatic heterocycles. The van der Waals surface area contributed by atoms with Gasteiger partial charge in [-0.15, -0.1) is 0 Å². The molecule has 1 atom stereocenters. The summed E-state index contributed by atoms with van der Waals surface area (Å²) in [5.41, 5.74) is 7.71. The highest BCUT2D eigenvalue weighted by molar-refractivity contribution is 5.33. The Morgan fingerprint density at radius 3 is 2.39 bits per heavy atom. The van der Waals surface area contributed by atoms with Gasteiger partial charge in [0.15, 0.2) is 0 Å². The second kappa shape index (κ2) is 5.14. The smallest absolute Gasteiger partial charge is 0.387 e. The van der Waals surface area contributed by atoms with E-state index in [1.165, 1.54) is 12.1 Å². The normalized spacial score (nSPS) is 12.7. The Bertz CT molecular complexity index is 510. The highest BCUT2D eigenvalue weighted by atomic mass is 19.3. The average Bonchev–Trinajstić information content (AvgIpc) is 2.75. The number of halogens is 2. The van der Waals surface area contributed by atoms with Crippen LogP contribution >= 0.6 is 0 Å². The Morgan fingerprint density at radius 1 is 1.22 bits per heavy atom. The zero-order chi connectivity index (χ0) is 13.1. The van der Waals surface area contributed by atoms with Crippen molar-refractivity contribution in [2.45, 2.75) is 12.7 Å². The van der Waals surface area contributed by atoms with Gasteiger partial charge in [-0.1, -0.05) is 12.1 Å². The Balaban J connectivity index is 2.14. The van der Waals surface area contributed by atoms with Crippen molar-refractivity contribution in [3.8, 4) is 5.75 Å². The number of hydrogen-bond donors (Lipinski definition) is 1. The molecule has 0 aliphatic carbocycles. The maximum atomic E-state index is 12.0. The molecule has 0 spiro atoms. The largest absolute Gasteiger partial charge is 0.435 e. The maximum absolute atomic E-state index is 12.0. The third-order valence-electron chi connectivity index (χ3n) is 2.55. The van der Waals surface area contributed by atoms with Crippen LogP contribution in [0.3, 0.4) is 0 Å². The van der Waals surface area contributed by atoms with Crippen LogP contribution in [0.25, 0.3) is 0 Å². The van der Waals surface area contributed by atoms with Crippen molar-refractivity contribution in [2.24, 2.45) is 12.8 Å². The molecule has 6 heteroatoms. The lowest BCUT2D eigenvalue weighted by Crippen LogP contribution is -2.11. The molecule has 0 saturated heterocycles. The van der Waals surface area contributed by atoms with E-state index in [0.29, 0.717) is 0 Å². The van der Waals surface area contributed by atoms with E-state index in [1.54, 1.807) is 30.1 Å². The van der Waals surface area contributed by atoms with Crippen LogP contribution in [0.1, 0.15) is 17.2 Å². The summed E-state index contributed by atoms with van der Waals surface area (Å²) in [6, 6.07) is 5.93. The van der Waals surface area contributed by atoms with E-state index in [9.17, 15) is 8.78 Å². The van der Waals surface area contributed by atoms with Gasteiger partial charge in [-0.2, -0.15) is 13.9 Å². The fraction of sp³-hybridized carbons (Fsp3) is 0.250. The molecule has 1 unspecified atom stereocenters. The molecule has 1 aromatic carbocycles. The minimum atomic E-state index is -2.82. The molecular weight excluding hydrogens is 240 g/mol. The first-order valence-electron chi connectivity index (χ1n) is 5.35. The Kier molecular flexibility index (Phi) is 3.57. The van der Waals surface area contributed by atoms with Crippen molar-refractivity contribution in [1.82, 2.24) is 9.78 Å². The highest BCUT2D eigenvalue weighted by Crippen LogP contribution is 2.22. The van der Waals surface area contributed by atoms with E-state index in [1.807, 2.05) is 6.20 Å². The molecule has 4 nitrogen and oxygen atoms in total. The Morgan fingerprint density at radius 2 is 1.89 bits per heavy atom. The number of nitrogens with zero attached hydrogens (tertiary/aromatic N) is 2. The molecule has 1 heterocycles. The lowest BCUT2D eigenvalue weighted by molar-refractivity contribution is -0.0498. The van der Waals surface area contributed by atoms with Crippen molar-refractivity contribution in [3.63, 3.8) is 0 Å². The number of ether oxygens (including phenoxy) is 1. The minimum absolute atomic E-state index is 0.118. The van der Waals surface area contributed by atoms with Gasteiger partial charge in [0, 0.05) is 18.8 Å². The third-order valence-corrected chi connectivity index (χ3v) is 2.55. The average molecular weight is 253 g/mol. The molecule has 0 fully saturated rings. The number of aromatic nitrogens is 2. The second-order valence-corrected chi connectivity index (χ2v) is 3.87. The molecule has 0 amide bonds. The number of nitrogens with two attached hydrogens (primary N) is 1. The summed E-state index contributed by atoms with van der Waals surface area (Å²) in [6.07, 6.45) is 3.49. The van der Waals surface area contributed by atoms with Crippen LogP contribution < -0.4 is 10.5 Å². The van der Waals surface area contributed by atoms with Gasteiger partial charge in [0.2, 0.25) is 0 Å². The second-order valence-electron chi connectivity index (χ2n) is 3.87. The molecule has 18 heavy (non-hydrogen) atoms. The summed E-state index contributed by atoms with van der Waals surface area (Å²) in [5, 5.41) is 4.03. The Labute approximate surface area is 103 Å². The first-order chi connectivity index (χ1) is 8.56. The van der Waals surface area contributed by atoms with Crippen LogP contribution in [0, 0.1) is 0 Å². The molecule has 0 radical (unpaired) electrons. The van der Waals surface area contributed by atoms with E-state index < -0.39 is 6.61 Å². The SMILES string of the molecule is Cn1cc(C(N)c2ccc(OC(F)F)cc2)cn1. The molecule has 2 N–H and O–H groups in total. The monoisotopic (exact) mass is 253 g/mol. The van der Waals surface area contributed by atoms with Gasteiger partial charge in [-0.3, -0.25) is 4.68 Å². The number of benzene rings is 1. The number of aryl methyl sites for hydroxylation is 1. The highest BCUT2D eigenvalue weighted by Gasteiger charge is 2.11. The van der Waals surface area contributed by atoms with Crippen molar-refractivity contribution in [1.29, 1.82) is 0 Å². The van der Waals surface area contributed by atoms with Crippen LogP contribution in [0.5, 0.6) is 5.75 Å². The van der Waals surface area contributed by atoms with Crippen LogP contribution in [0.2, 0.25) is 0 Å². The summed E-state index contributed by atoms with van der Waals surface area (Å²) in [7, 11) is 1.80. The van der Waals surface area contributed by atoms with E-state index >= 15 is 0 Å². The quantitative estimate of drug-likeness (QED) is 0.907. The van der Waals surface area contributed by atoms with Gasteiger partial charge in [0.1, 0.15) is 5.75 Å². The van der Waals surface area contributed by atoms with Crippen LogP contribution in [-0.2, 0) is 7.05 Å². The maximum Gasteiger partial charge on any atom is 0.387 e. The zero-order valence-electron chi connectivity index (χ0n) is 9.75. The minimum Gasteiger partial charge on any atom is -0.435 e. The third kappa shape index (κ3) is 2.84. The number of hydrogen-bond acceptors (Lipinski definition) is 3. The molecule has 2 aromatic rings. The predicted molar refractivity (Wildman–Crippen MR) is 62.3 cm³/mol. The summed E-state index contributed by atoms with van der Waals surface area (Å²) in [4.78, 5) is 0. The van der Waals surface area contributed by atoms with Crippen LogP contribution in [-0.4, -0.2) is 16.4 Å². The molecule has 2 rings (SSSR count). The van der Waals surface area contributed by atoms with Crippen molar-refractivity contribution in [2.75, 3.05) is 0 Å². The van der Waals surface area contributed by atoms with E-state index in [0.717, 1.165) is 11.1 Å². The van der Waals surface area contributed by atoms with E-state index in [-0.39, 0.29) is 11.8 Å². The van der Waals surface area contributed by atoms with Crippen LogP contribution in [0.4, 0.5) is 8.78 Å². The first kappa shape index (κ1) is 12.5. The molecular formula is C12H13F2N3O. The number of alkyl halides is 2. The van der Waals surface area contributed by atoms with Gasteiger partial charge < -0.3 is 10.5 Å². The predicted octanol–water partition coefficient (Wildman–Crippen LogP) is 2.07. The molecule has 0 saturated carbocycles. The van der Waals surface area contributed by atoms with Gasteiger partial charge in [0.05, 0.1) is 12.2 Å². The summed E-state index contributed by atoms with van der Waals surface area (Å²) in [6.45, 7) is -2.82. The van der Waals surface area contributed by atoms with Gasteiger partial charge in [-0.05, 0) is 17.7 Å². The molecule has 0 bridgehead atoms. The number of rotatable bonds is 4. The standard InChI is InChI=1S/C12H13F2N3O/c1-17-7-9(6-16-17)11(15)8-2-4-10(5-3-8)18-12(13)14/h2-7,11-12H,15H2,1H3. The summed E-state index contributed by atoms with van der Waals surface area (Å²) in [5.74, 6) is 0.118. The Hall–Kier alpha value is -1.95. The molecule has 1 aromatic heterocycles. The summed E-state index contributed by atoms with van der Waals surface area (Å²) >= 11 is 0. The molecule has 96 valence electrons.